The SMILES string of the molecule is C#Cc1cnn(CC(C)C2CCCC3C4CCC5(C)CC(CC)CCC5C4CCC23C)c1.CC. The van der Waals surface area contributed by atoms with E-state index in [1.807, 2.05) is 20.0 Å². The van der Waals surface area contributed by atoms with Gasteiger partial charge in [0.25, 0.3) is 0 Å². The summed E-state index contributed by atoms with van der Waals surface area (Å²) in [4.78, 5) is 0. The van der Waals surface area contributed by atoms with E-state index in [1.165, 1.54) is 70.6 Å². The van der Waals surface area contributed by atoms with Crippen LogP contribution < -0.4 is 0 Å². The van der Waals surface area contributed by atoms with Gasteiger partial charge in [0, 0.05) is 12.7 Å². The quantitative estimate of drug-likeness (QED) is 0.408. The lowest BCUT2D eigenvalue weighted by Crippen LogP contribution is -2.55. The Balaban J connectivity index is 0.00000133. The molecule has 190 valence electrons. The van der Waals surface area contributed by atoms with Crippen LogP contribution in [0.15, 0.2) is 12.4 Å². The Morgan fingerprint density at radius 3 is 2.50 bits per heavy atom. The van der Waals surface area contributed by atoms with Gasteiger partial charge in [0.15, 0.2) is 0 Å². The first-order chi connectivity index (χ1) is 16.4. The zero-order valence-electron chi connectivity index (χ0n) is 23.2. The summed E-state index contributed by atoms with van der Waals surface area (Å²) in [5.74, 6) is 9.20. The number of nitrogens with zero attached hydrogens (tertiary/aromatic N) is 2. The van der Waals surface area contributed by atoms with Gasteiger partial charge < -0.3 is 0 Å². The van der Waals surface area contributed by atoms with Gasteiger partial charge in [-0.25, -0.2) is 0 Å². The highest BCUT2D eigenvalue weighted by atomic mass is 15.3. The molecule has 9 atom stereocenters. The summed E-state index contributed by atoms with van der Waals surface area (Å²) < 4.78 is 2.11. The molecular formula is C32H52N2. The van der Waals surface area contributed by atoms with Crippen LogP contribution in [0.3, 0.4) is 0 Å². The predicted molar refractivity (Wildman–Crippen MR) is 144 cm³/mol. The minimum atomic E-state index is 0.523. The second kappa shape index (κ2) is 10.4. The van der Waals surface area contributed by atoms with E-state index in [0.717, 1.165) is 47.6 Å². The van der Waals surface area contributed by atoms with Crippen molar-refractivity contribution in [1.29, 1.82) is 0 Å². The van der Waals surface area contributed by atoms with Crippen LogP contribution >= 0.6 is 0 Å². The molecule has 4 saturated carbocycles. The molecule has 0 amide bonds. The summed E-state index contributed by atoms with van der Waals surface area (Å²) in [6.45, 7) is 15.3. The molecule has 4 fully saturated rings. The normalized spacial score (nSPS) is 42.1. The van der Waals surface area contributed by atoms with E-state index in [2.05, 4.69) is 49.6 Å². The highest BCUT2D eigenvalue weighted by molar-refractivity contribution is 5.26. The van der Waals surface area contributed by atoms with Crippen molar-refractivity contribution in [3.63, 3.8) is 0 Å². The molecule has 1 heterocycles. The van der Waals surface area contributed by atoms with Gasteiger partial charge in [-0.2, -0.15) is 5.10 Å². The number of hydrogen-bond donors (Lipinski definition) is 0. The van der Waals surface area contributed by atoms with Crippen LogP contribution in [0.2, 0.25) is 0 Å². The fourth-order valence-electron chi connectivity index (χ4n) is 9.91. The molecule has 0 spiro atoms. The van der Waals surface area contributed by atoms with Crippen molar-refractivity contribution in [2.24, 2.45) is 52.3 Å². The molecule has 0 aliphatic heterocycles. The molecule has 5 rings (SSSR count). The summed E-state index contributed by atoms with van der Waals surface area (Å²) in [5.41, 5.74) is 2.08. The van der Waals surface area contributed by atoms with Crippen LogP contribution in [0.4, 0.5) is 0 Å². The summed E-state index contributed by atoms with van der Waals surface area (Å²) in [6.07, 6.45) is 25.7. The number of aromatic nitrogens is 2. The van der Waals surface area contributed by atoms with Gasteiger partial charge in [0.05, 0.1) is 11.8 Å². The molecule has 34 heavy (non-hydrogen) atoms. The molecule has 1 aromatic heterocycles. The molecule has 2 nitrogen and oxygen atoms in total. The molecule has 4 aliphatic carbocycles. The van der Waals surface area contributed by atoms with Gasteiger partial charge in [-0.1, -0.05) is 66.7 Å². The second-order valence-corrected chi connectivity index (χ2v) is 12.9. The molecule has 0 aromatic carbocycles. The lowest BCUT2D eigenvalue weighted by Gasteiger charge is -2.63. The Labute approximate surface area is 211 Å². The topological polar surface area (TPSA) is 17.8 Å². The summed E-state index contributed by atoms with van der Waals surface area (Å²) >= 11 is 0. The van der Waals surface area contributed by atoms with Gasteiger partial charge >= 0.3 is 0 Å². The van der Waals surface area contributed by atoms with Crippen LogP contribution in [0.25, 0.3) is 0 Å². The van der Waals surface area contributed by atoms with Gasteiger partial charge in [0.1, 0.15) is 0 Å². The zero-order chi connectivity index (χ0) is 24.5. The summed E-state index contributed by atoms with van der Waals surface area (Å²) in [7, 11) is 0. The number of terminal acetylenes is 1. The minimum Gasteiger partial charge on any atom is -0.271 e. The van der Waals surface area contributed by atoms with E-state index in [4.69, 9.17) is 6.42 Å². The van der Waals surface area contributed by atoms with Crippen LogP contribution in [-0.4, -0.2) is 9.78 Å². The smallest absolute Gasteiger partial charge is 0.0646 e. The minimum absolute atomic E-state index is 0.523. The monoisotopic (exact) mass is 464 g/mol. The molecule has 0 N–H and O–H groups in total. The predicted octanol–water partition coefficient (Wildman–Crippen LogP) is 8.60. The largest absolute Gasteiger partial charge is 0.271 e. The van der Waals surface area contributed by atoms with Gasteiger partial charge in [-0.15, -0.1) is 6.42 Å². The average Bonchev–Trinajstić information content (AvgIpc) is 3.31. The van der Waals surface area contributed by atoms with Crippen molar-refractivity contribution in [2.45, 2.75) is 119 Å². The lowest BCUT2D eigenvalue weighted by atomic mass is 9.42. The van der Waals surface area contributed by atoms with Gasteiger partial charge in [-0.05, 0) is 104 Å². The van der Waals surface area contributed by atoms with E-state index in [1.54, 1.807) is 0 Å². The summed E-state index contributed by atoms with van der Waals surface area (Å²) in [6, 6.07) is 0. The van der Waals surface area contributed by atoms with E-state index < -0.39 is 0 Å². The lowest BCUT2D eigenvalue weighted by molar-refractivity contribution is -0.142. The summed E-state index contributed by atoms with van der Waals surface area (Å²) in [5, 5.41) is 4.55. The van der Waals surface area contributed by atoms with Crippen molar-refractivity contribution in [3.05, 3.63) is 18.0 Å². The second-order valence-electron chi connectivity index (χ2n) is 12.9. The molecule has 4 aliphatic rings. The first-order valence-electron chi connectivity index (χ1n) is 14.9. The molecular weight excluding hydrogens is 412 g/mol. The van der Waals surface area contributed by atoms with Crippen molar-refractivity contribution >= 4 is 0 Å². The van der Waals surface area contributed by atoms with E-state index in [9.17, 15) is 0 Å². The van der Waals surface area contributed by atoms with Crippen LogP contribution in [0.5, 0.6) is 0 Å². The van der Waals surface area contributed by atoms with Gasteiger partial charge in [0.2, 0.25) is 0 Å². The van der Waals surface area contributed by atoms with Crippen LogP contribution in [0, 0.1) is 64.6 Å². The van der Waals surface area contributed by atoms with Crippen molar-refractivity contribution in [2.75, 3.05) is 0 Å². The van der Waals surface area contributed by atoms with E-state index in [-0.39, 0.29) is 0 Å². The third kappa shape index (κ3) is 4.51. The standard InChI is InChI=1S/C30H46N2.C2H6/c1-6-22-11-12-27-24-14-16-30(5)26(21(3)19-32-20-23(7-2)18-31-32)9-8-10-28(30)25(24)13-15-29(27,4)17-22;1-2/h2,18,20-22,24-28H,6,8-17,19H2,1,3-5H3;1-2H3. The maximum atomic E-state index is 5.58. The van der Waals surface area contributed by atoms with Crippen LogP contribution in [0.1, 0.15) is 118 Å². The molecule has 0 saturated heterocycles. The molecule has 9 unspecified atom stereocenters. The Morgan fingerprint density at radius 1 is 1.06 bits per heavy atom. The number of rotatable bonds is 4. The molecule has 2 heteroatoms. The first kappa shape index (κ1) is 25.9. The van der Waals surface area contributed by atoms with E-state index in [0.29, 0.717) is 16.7 Å². The zero-order valence-corrected chi connectivity index (χ0v) is 23.2. The Bertz CT molecular complexity index is 847. The first-order valence-corrected chi connectivity index (χ1v) is 14.9. The number of fused-ring (bicyclic) bond motifs is 5. The maximum Gasteiger partial charge on any atom is 0.0646 e. The van der Waals surface area contributed by atoms with Crippen molar-refractivity contribution in [1.82, 2.24) is 9.78 Å². The highest BCUT2D eigenvalue weighted by Crippen LogP contribution is 2.66. The van der Waals surface area contributed by atoms with Gasteiger partial charge in [-0.3, -0.25) is 4.68 Å². The maximum absolute atomic E-state index is 5.58. The Kier molecular flexibility index (Phi) is 7.91. The average molecular weight is 465 g/mol. The fraction of sp³-hybridized carbons (Fsp3) is 0.844. The highest BCUT2D eigenvalue weighted by Gasteiger charge is 2.58. The number of hydrogen-bond acceptors (Lipinski definition) is 1. The fourth-order valence-corrected chi connectivity index (χ4v) is 9.91. The van der Waals surface area contributed by atoms with Crippen molar-refractivity contribution < 1.29 is 0 Å². The van der Waals surface area contributed by atoms with Crippen LogP contribution in [-0.2, 0) is 6.54 Å². The Morgan fingerprint density at radius 2 is 1.79 bits per heavy atom. The molecule has 0 radical (unpaired) electrons. The third-order valence-electron chi connectivity index (χ3n) is 11.4. The van der Waals surface area contributed by atoms with E-state index >= 15 is 0 Å². The molecule has 1 aromatic rings. The van der Waals surface area contributed by atoms with Crippen molar-refractivity contribution in [3.8, 4) is 12.3 Å². The Hall–Kier alpha value is -1.23. The third-order valence-corrected chi connectivity index (χ3v) is 11.4. The molecule has 0 bridgehead atoms.